The van der Waals surface area contributed by atoms with E-state index in [1.165, 1.54) is 25.0 Å². The van der Waals surface area contributed by atoms with Crippen LogP contribution in [0.25, 0.3) is 0 Å². The summed E-state index contributed by atoms with van der Waals surface area (Å²) in [4.78, 5) is 1.08. The zero-order valence-electron chi connectivity index (χ0n) is 9.73. The second kappa shape index (κ2) is 6.38. The smallest absolute Gasteiger partial charge is 0.123 e. The quantitative estimate of drug-likeness (QED) is 0.734. The van der Waals surface area contributed by atoms with Crippen molar-refractivity contribution in [1.82, 2.24) is 5.32 Å². The van der Waals surface area contributed by atoms with E-state index in [9.17, 15) is 9.50 Å². The number of halogens is 1. The van der Waals surface area contributed by atoms with E-state index in [4.69, 9.17) is 0 Å². The fourth-order valence-corrected chi connectivity index (χ4v) is 2.63. The van der Waals surface area contributed by atoms with Gasteiger partial charge in [-0.05, 0) is 49.3 Å². The minimum absolute atomic E-state index is 0.195. The van der Waals surface area contributed by atoms with E-state index in [2.05, 4.69) is 5.32 Å². The van der Waals surface area contributed by atoms with Crippen molar-refractivity contribution in [2.24, 2.45) is 0 Å². The maximum atomic E-state index is 12.7. The molecule has 1 aliphatic rings. The zero-order chi connectivity index (χ0) is 12.1. The molecular formula is C13H18FNOS. The first-order chi connectivity index (χ1) is 8.28. The van der Waals surface area contributed by atoms with Gasteiger partial charge in [0, 0.05) is 17.0 Å². The predicted molar refractivity (Wildman–Crippen MR) is 68.8 cm³/mol. The van der Waals surface area contributed by atoms with Gasteiger partial charge in [-0.2, -0.15) is 0 Å². The van der Waals surface area contributed by atoms with Gasteiger partial charge in [0.1, 0.15) is 5.82 Å². The molecule has 1 aliphatic carbocycles. The Bertz CT molecular complexity index is 340. The molecule has 4 heteroatoms. The molecule has 1 fully saturated rings. The molecule has 1 atom stereocenters. The Labute approximate surface area is 106 Å². The molecule has 17 heavy (non-hydrogen) atoms. The van der Waals surface area contributed by atoms with Gasteiger partial charge in [0.2, 0.25) is 0 Å². The van der Waals surface area contributed by atoms with Crippen molar-refractivity contribution in [3.8, 4) is 0 Å². The molecule has 2 rings (SSSR count). The third-order valence-corrected chi connectivity index (χ3v) is 3.86. The molecule has 0 amide bonds. The summed E-state index contributed by atoms with van der Waals surface area (Å²) >= 11 is 1.70. The Morgan fingerprint density at radius 1 is 1.35 bits per heavy atom. The van der Waals surface area contributed by atoms with E-state index >= 15 is 0 Å². The molecular weight excluding hydrogens is 237 g/mol. The van der Waals surface area contributed by atoms with Crippen LogP contribution in [0, 0.1) is 5.82 Å². The summed E-state index contributed by atoms with van der Waals surface area (Å²) in [7, 11) is 0. The Morgan fingerprint density at radius 3 is 2.65 bits per heavy atom. The van der Waals surface area contributed by atoms with Gasteiger partial charge in [-0.15, -0.1) is 11.8 Å². The molecule has 1 aromatic rings. The Morgan fingerprint density at radius 2 is 2.06 bits per heavy atom. The van der Waals surface area contributed by atoms with E-state index in [0.717, 1.165) is 17.1 Å². The van der Waals surface area contributed by atoms with Crippen molar-refractivity contribution in [2.45, 2.75) is 36.2 Å². The van der Waals surface area contributed by atoms with Gasteiger partial charge in [0.15, 0.2) is 0 Å². The largest absolute Gasteiger partial charge is 0.395 e. The molecule has 0 aromatic heterocycles. The SMILES string of the molecule is OCC(CCSc1ccc(F)cc1)NC1CC1. The van der Waals surface area contributed by atoms with E-state index in [1.54, 1.807) is 23.9 Å². The van der Waals surface area contributed by atoms with Gasteiger partial charge in [-0.3, -0.25) is 0 Å². The number of rotatable bonds is 7. The molecule has 1 saturated carbocycles. The summed E-state index contributed by atoms with van der Waals surface area (Å²) < 4.78 is 12.7. The predicted octanol–water partition coefficient (Wildman–Crippen LogP) is 2.42. The third kappa shape index (κ3) is 4.66. The lowest BCUT2D eigenvalue weighted by atomic mass is 10.2. The Kier molecular flexibility index (Phi) is 4.83. The van der Waals surface area contributed by atoms with Gasteiger partial charge in [0.25, 0.3) is 0 Å². The number of thioether (sulfide) groups is 1. The average Bonchev–Trinajstić information content (AvgIpc) is 3.14. The zero-order valence-corrected chi connectivity index (χ0v) is 10.5. The molecule has 0 radical (unpaired) electrons. The number of nitrogens with one attached hydrogen (secondary N) is 1. The number of benzene rings is 1. The highest BCUT2D eigenvalue weighted by Crippen LogP contribution is 2.22. The first-order valence-electron chi connectivity index (χ1n) is 6.03. The number of hydrogen-bond donors (Lipinski definition) is 2. The van der Waals surface area contributed by atoms with Crippen LogP contribution in [0.3, 0.4) is 0 Å². The minimum atomic E-state index is -0.196. The van der Waals surface area contributed by atoms with Gasteiger partial charge in [-0.1, -0.05) is 0 Å². The second-order valence-electron chi connectivity index (χ2n) is 4.41. The fraction of sp³-hybridized carbons (Fsp3) is 0.538. The van der Waals surface area contributed by atoms with Crippen molar-refractivity contribution in [1.29, 1.82) is 0 Å². The standard InChI is InChI=1S/C13H18FNOS/c14-10-1-5-13(6-2-10)17-8-7-12(9-16)15-11-3-4-11/h1-2,5-6,11-12,15-16H,3-4,7-9H2. The lowest BCUT2D eigenvalue weighted by molar-refractivity contribution is 0.239. The molecule has 0 bridgehead atoms. The van der Waals surface area contributed by atoms with Crippen molar-refractivity contribution in [3.63, 3.8) is 0 Å². The lowest BCUT2D eigenvalue weighted by Gasteiger charge is -2.15. The molecule has 0 spiro atoms. The van der Waals surface area contributed by atoms with E-state index in [0.29, 0.717) is 6.04 Å². The minimum Gasteiger partial charge on any atom is -0.395 e. The summed E-state index contributed by atoms with van der Waals surface area (Å²) in [6.07, 6.45) is 3.41. The van der Waals surface area contributed by atoms with Crippen molar-refractivity contribution in [2.75, 3.05) is 12.4 Å². The van der Waals surface area contributed by atoms with Crippen LogP contribution in [0.4, 0.5) is 4.39 Å². The molecule has 0 saturated heterocycles. The van der Waals surface area contributed by atoms with Gasteiger partial charge in [-0.25, -0.2) is 4.39 Å². The van der Waals surface area contributed by atoms with Gasteiger partial charge in [0.05, 0.1) is 6.61 Å². The monoisotopic (exact) mass is 255 g/mol. The summed E-state index contributed by atoms with van der Waals surface area (Å²) in [5.41, 5.74) is 0. The molecule has 2 N–H and O–H groups in total. The highest BCUT2D eigenvalue weighted by Gasteiger charge is 2.23. The summed E-state index contributed by atoms with van der Waals surface area (Å²) in [5, 5.41) is 12.6. The molecule has 1 unspecified atom stereocenters. The second-order valence-corrected chi connectivity index (χ2v) is 5.58. The maximum Gasteiger partial charge on any atom is 0.123 e. The third-order valence-electron chi connectivity index (χ3n) is 2.82. The molecule has 1 aromatic carbocycles. The van der Waals surface area contributed by atoms with Crippen LogP contribution in [0.1, 0.15) is 19.3 Å². The molecule has 0 heterocycles. The number of aliphatic hydroxyl groups is 1. The molecule has 2 nitrogen and oxygen atoms in total. The topological polar surface area (TPSA) is 32.3 Å². The van der Waals surface area contributed by atoms with Crippen LogP contribution in [-0.2, 0) is 0 Å². The van der Waals surface area contributed by atoms with Crippen molar-refractivity contribution >= 4 is 11.8 Å². The Balaban J connectivity index is 1.68. The summed E-state index contributed by atoms with van der Waals surface area (Å²) in [6.45, 7) is 0.195. The molecule has 94 valence electrons. The van der Waals surface area contributed by atoms with Crippen molar-refractivity contribution in [3.05, 3.63) is 30.1 Å². The average molecular weight is 255 g/mol. The van der Waals surface area contributed by atoms with Crippen LogP contribution in [0.15, 0.2) is 29.2 Å². The Hall–Kier alpha value is -0.580. The lowest BCUT2D eigenvalue weighted by Crippen LogP contribution is -2.34. The number of aliphatic hydroxyl groups excluding tert-OH is 1. The normalized spacial score (nSPS) is 17.1. The van der Waals surface area contributed by atoms with Crippen LogP contribution >= 0.6 is 11.8 Å². The van der Waals surface area contributed by atoms with Crippen LogP contribution in [-0.4, -0.2) is 29.5 Å². The van der Waals surface area contributed by atoms with E-state index in [-0.39, 0.29) is 18.5 Å². The fourth-order valence-electron chi connectivity index (χ4n) is 1.66. The molecule has 0 aliphatic heterocycles. The van der Waals surface area contributed by atoms with Gasteiger partial charge >= 0.3 is 0 Å². The van der Waals surface area contributed by atoms with Crippen LogP contribution in [0.2, 0.25) is 0 Å². The highest BCUT2D eigenvalue weighted by molar-refractivity contribution is 7.99. The van der Waals surface area contributed by atoms with Crippen LogP contribution in [0.5, 0.6) is 0 Å². The highest BCUT2D eigenvalue weighted by atomic mass is 32.2. The summed E-state index contributed by atoms with van der Waals surface area (Å²) in [5.74, 6) is 0.745. The summed E-state index contributed by atoms with van der Waals surface area (Å²) in [6, 6.07) is 7.38. The first kappa shape index (κ1) is 12.9. The van der Waals surface area contributed by atoms with E-state index < -0.39 is 0 Å². The first-order valence-corrected chi connectivity index (χ1v) is 7.02. The van der Waals surface area contributed by atoms with Crippen molar-refractivity contribution < 1.29 is 9.50 Å². The van der Waals surface area contributed by atoms with Crippen LogP contribution < -0.4 is 5.32 Å². The number of hydrogen-bond acceptors (Lipinski definition) is 3. The van der Waals surface area contributed by atoms with E-state index in [1.807, 2.05) is 0 Å². The van der Waals surface area contributed by atoms with Gasteiger partial charge < -0.3 is 10.4 Å². The maximum absolute atomic E-state index is 12.7.